The maximum absolute atomic E-state index is 13.6. The van der Waals surface area contributed by atoms with Crippen LogP contribution in [0.4, 0.5) is 8.78 Å². The van der Waals surface area contributed by atoms with Crippen molar-refractivity contribution in [1.82, 2.24) is 9.78 Å². The van der Waals surface area contributed by atoms with Crippen molar-refractivity contribution < 1.29 is 23.1 Å². The van der Waals surface area contributed by atoms with E-state index in [4.69, 9.17) is 4.74 Å². The summed E-state index contributed by atoms with van der Waals surface area (Å²) in [4.78, 5) is 22.5. The molecule has 0 fully saturated rings. The first-order valence-corrected chi connectivity index (χ1v) is 5.74. The maximum Gasteiger partial charge on any atom is 0.359 e. The van der Waals surface area contributed by atoms with E-state index >= 15 is 0 Å². The summed E-state index contributed by atoms with van der Waals surface area (Å²) in [6.45, 7) is 1.68. The molecule has 0 saturated heterocycles. The summed E-state index contributed by atoms with van der Waals surface area (Å²) in [5, 5.41) is 3.72. The average molecular weight is 280 g/mol. The fourth-order valence-corrected chi connectivity index (χ4v) is 1.65. The first-order chi connectivity index (χ1) is 9.58. The van der Waals surface area contributed by atoms with Crippen LogP contribution >= 0.6 is 0 Å². The second kappa shape index (κ2) is 5.60. The smallest absolute Gasteiger partial charge is 0.359 e. The minimum absolute atomic E-state index is 0.0953. The Morgan fingerprint density at radius 1 is 1.40 bits per heavy atom. The van der Waals surface area contributed by atoms with Gasteiger partial charge in [0.05, 0.1) is 12.2 Å². The van der Waals surface area contributed by atoms with Gasteiger partial charge in [0.25, 0.3) is 0 Å². The van der Waals surface area contributed by atoms with Crippen molar-refractivity contribution in [2.24, 2.45) is 0 Å². The van der Waals surface area contributed by atoms with Crippen LogP contribution in [0.25, 0.3) is 5.69 Å². The van der Waals surface area contributed by atoms with Gasteiger partial charge in [-0.15, -0.1) is 0 Å². The molecule has 104 valence electrons. The summed E-state index contributed by atoms with van der Waals surface area (Å²) in [5.41, 5.74) is -0.859. The van der Waals surface area contributed by atoms with E-state index in [0.29, 0.717) is 6.29 Å². The predicted molar refractivity (Wildman–Crippen MR) is 64.8 cm³/mol. The number of ether oxygens (including phenoxy) is 1. The third kappa shape index (κ3) is 2.42. The lowest BCUT2D eigenvalue weighted by Gasteiger charge is -2.04. The number of rotatable bonds is 4. The second-order valence-electron chi connectivity index (χ2n) is 3.79. The quantitative estimate of drug-likeness (QED) is 0.636. The number of esters is 1. The number of nitrogens with zero attached hydrogens (tertiary/aromatic N) is 2. The van der Waals surface area contributed by atoms with Gasteiger partial charge in [-0.05, 0) is 19.1 Å². The zero-order chi connectivity index (χ0) is 14.7. The van der Waals surface area contributed by atoms with Crippen molar-refractivity contribution in [2.75, 3.05) is 6.61 Å². The molecule has 0 aliphatic carbocycles. The normalized spacial score (nSPS) is 10.3. The van der Waals surface area contributed by atoms with Crippen LogP contribution in [0.1, 0.15) is 27.8 Å². The van der Waals surface area contributed by atoms with Crippen LogP contribution in [0.15, 0.2) is 24.4 Å². The Morgan fingerprint density at radius 2 is 2.05 bits per heavy atom. The predicted octanol–water partition coefficient (Wildman–Crippen LogP) is 2.14. The SMILES string of the molecule is CCOC(=O)c1nn(-c2c(F)cccc2F)cc1C=O. The lowest BCUT2D eigenvalue weighted by atomic mass is 10.2. The second-order valence-corrected chi connectivity index (χ2v) is 3.79. The molecule has 1 heterocycles. The molecule has 1 aromatic heterocycles. The molecule has 20 heavy (non-hydrogen) atoms. The molecule has 0 bridgehead atoms. The highest BCUT2D eigenvalue weighted by atomic mass is 19.1. The van der Waals surface area contributed by atoms with Gasteiger partial charge in [0.2, 0.25) is 0 Å². The Kier molecular flexibility index (Phi) is 3.88. The molecule has 0 N–H and O–H groups in total. The molecule has 0 spiro atoms. The largest absolute Gasteiger partial charge is 0.461 e. The molecule has 0 aliphatic heterocycles. The summed E-state index contributed by atoms with van der Waals surface area (Å²) in [5.74, 6) is -2.55. The van der Waals surface area contributed by atoms with Crippen LogP contribution in [-0.4, -0.2) is 28.6 Å². The van der Waals surface area contributed by atoms with Crippen LogP contribution < -0.4 is 0 Å². The number of benzene rings is 1. The van der Waals surface area contributed by atoms with E-state index in [1.165, 1.54) is 6.07 Å². The molecule has 0 atom stereocenters. The third-order valence-corrected chi connectivity index (χ3v) is 2.50. The van der Waals surface area contributed by atoms with Crippen molar-refractivity contribution in [3.8, 4) is 5.69 Å². The number of para-hydroxylation sites is 1. The number of hydrogen-bond acceptors (Lipinski definition) is 4. The molecule has 0 saturated carbocycles. The Morgan fingerprint density at radius 3 is 2.60 bits per heavy atom. The van der Waals surface area contributed by atoms with Crippen LogP contribution in [0.5, 0.6) is 0 Å². The van der Waals surface area contributed by atoms with Crippen LogP contribution in [0, 0.1) is 11.6 Å². The highest BCUT2D eigenvalue weighted by Gasteiger charge is 2.20. The number of halogens is 2. The van der Waals surface area contributed by atoms with Crippen molar-refractivity contribution in [1.29, 1.82) is 0 Å². The van der Waals surface area contributed by atoms with E-state index in [9.17, 15) is 18.4 Å². The zero-order valence-corrected chi connectivity index (χ0v) is 10.5. The van der Waals surface area contributed by atoms with E-state index in [1.54, 1.807) is 6.92 Å². The number of aromatic nitrogens is 2. The monoisotopic (exact) mass is 280 g/mol. The van der Waals surface area contributed by atoms with Gasteiger partial charge in [-0.25, -0.2) is 18.3 Å². The van der Waals surface area contributed by atoms with Crippen molar-refractivity contribution in [3.05, 3.63) is 47.3 Å². The van der Waals surface area contributed by atoms with Crippen molar-refractivity contribution in [3.63, 3.8) is 0 Å². The highest BCUT2D eigenvalue weighted by Crippen LogP contribution is 2.18. The highest BCUT2D eigenvalue weighted by molar-refractivity contribution is 5.96. The van der Waals surface area contributed by atoms with E-state index in [-0.39, 0.29) is 17.9 Å². The summed E-state index contributed by atoms with van der Waals surface area (Å²) in [6.07, 6.45) is 1.44. The number of aldehydes is 1. The Hall–Kier alpha value is -2.57. The number of hydrogen-bond donors (Lipinski definition) is 0. The lowest BCUT2D eigenvalue weighted by Crippen LogP contribution is -2.09. The van der Waals surface area contributed by atoms with E-state index in [2.05, 4.69) is 5.10 Å². The van der Waals surface area contributed by atoms with Gasteiger partial charge >= 0.3 is 5.97 Å². The van der Waals surface area contributed by atoms with Gasteiger partial charge in [-0.2, -0.15) is 5.10 Å². The van der Waals surface area contributed by atoms with Gasteiger partial charge in [0.15, 0.2) is 23.6 Å². The van der Waals surface area contributed by atoms with Crippen LogP contribution in [0.2, 0.25) is 0 Å². The van der Waals surface area contributed by atoms with Gasteiger partial charge in [0.1, 0.15) is 5.69 Å². The zero-order valence-electron chi connectivity index (χ0n) is 10.5. The van der Waals surface area contributed by atoms with Crippen LogP contribution in [-0.2, 0) is 4.74 Å². The lowest BCUT2D eigenvalue weighted by molar-refractivity contribution is 0.0516. The maximum atomic E-state index is 13.6. The third-order valence-electron chi connectivity index (χ3n) is 2.50. The molecule has 0 aliphatic rings. The van der Waals surface area contributed by atoms with Crippen LogP contribution in [0.3, 0.4) is 0 Å². The minimum atomic E-state index is -0.861. The van der Waals surface area contributed by atoms with Crippen molar-refractivity contribution >= 4 is 12.3 Å². The summed E-state index contributed by atoms with van der Waals surface area (Å²) < 4.78 is 32.8. The molecule has 7 heteroatoms. The van der Waals surface area contributed by atoms with Gasteiger partial charge in [0, 0.05) is 6.20 Å². The fourth-order valence-electron chi connectivity index (χ4n) is 1.65. The molecule has 5 nitrogen and oxygen atoms in total. The number of carbonyl (C=O) groups excluding carboxylic acids is 2. The Labute approximate surface area is 112 Å². The van der Waals surface area contributed by atoms with E-state index in [0.717, 1.165) is 23.0 Å². The standard InChI is InChI=1S/C13H10F2N2O3/c1-2-20-13(19)11-8(7-18)6-17(16-11)12-9(14)4-3-5-10(12)15/h3-7H,2H2,1H3. The molecule has 0 unspecified atom stereocenters. The van der Waals surface area contributed by atoms with E-state index < -0.39 is 23.3 Å². The van der Waals surface area contributed by atoms with E-state index in [1.807, 2.05) is 0 Å². The molecule has 2 aromatic rings. The molecular formula is C13H10F2N2O3. The Bertz CT molecular complexity index is 647. The summed E-state index contributed by atoms with van der Waals surface area (Å²) in [7, 11) is 0. The molecule has 1 aromatic carbocycles. The first kappa shape index (κ1) is 13.9. The van der Waals surface area contributed by atoms with Gasteiger partial charge in [-0.1, -0.05) is 6.07 Å². The Balaban J connectivity index is 2.54. The molecule has 0 amide bonds. The molecule has 2 rings (SSSR count). The number of carbonyl (C=O) groups is 2. The van der Waals surface area contributed by atoms with Gasteiger partial charge < -0.3 is 4.74 Å². The summed E-state index contributed by atoms with van der Waals surface area (Å²) in [6, 6.07) is 3.29. The average Bonchev–Trinajstić information content (AvgIpc) is 2.83. The first-order valence-electron chi connectivity index (χ1n) is 5.74. The van der Waals surface area contributed by atoms with Gasteiger partial charge in [-0.3, -0.25) is 4.79 Å². The summed E-state index contributed by atoms with van der Waals surface area (Å²) >= 11 is 0. The molecular weight excluding hydrogens is 270 g/mol. The van der Waals surface area contributed by atoms with Crippen molar-refractivity contribution in [2.45, 2.75) is 6.92 Å². The minimum Gasteiger partial charge on any atom is -0.461 e. The fraction of sp³-hybridized carbons (Fsp3) is 0.154. The topological polar surface area (TPSA) is 61.2 Å². The molecule has 0 radical (unpaired) electrons.